The third kappa shape index (κ3) is 4.38. The van der Waals surface area contributed by atoms with Crippen molar-refractivity contribution in [2.24, 2.45) is 11.7 Å². The van der Waals surface area contributed by atoms with Crippen molar-refractivity contribution < 1.29 is 9.59 Å². The van der Waals surface area contributed by atoms with Crippen molar-refractivity contribution in [1.29, 1.82) is 0 Å². The highest BCUT2D eigenvalue weighted by molar-refractivity contribution is 7.17. The molecule has 150 valence electrons. The van der Waals surface area contributed by atoms with Gasteiger partial charge in [0, 0.05) is 24.6 Å². The Morgan fingerprint density at radius 3 is 2.66 bits per heavy atom. The van der Waals surface area contributed by atoms with E-state index < -0.39 is 5.91 Å². The zero-order valence-corrected chi connectivity index (χ0v) is 16.7. The Morgan fingerprint density at radius 2 is 1.93 bits per heavy atom. The van der Waals surface area contributed by atoms with Crippen molar-refractivity contribution in [2.45, 2.75) is 12.8 Å². The Labute approximate surface area is 172 Å². The van der Waals surface area contributed by atoms with E-state index in [1.165, 1.54) is 10.4 Å². The van der Waals surface area contributed by atoms with Crippen molar-refractivity contribution in [3.05, 3.63) is 47.8 Å². The summed E-state index contributed by atoms with van der Waals surface area (Å²) in [7, 11) is 0. The SMILES string of the molecule is NC(=O)CNNC(=O)C1CCN(c2cc(-c3ccccc3)nc3ccsc23)CC1. The molecule has 1 aromatic carbocycles. The number of nitrogens with zero attached hydrogens (tertiary/aromatic N) is 2. The molecule has 1 aliphatic heterocycles. The second-order valence-corrected chi connectivity index (χ2v) is 8.01. The number of piperidine rings is 1. The fourth-order valence-corrected chi connectivity index (χ4v) is 4.51. The number of rotatable bonds is 6. The van der Waals surface area contributed by atoms with Crippen LogP contribution in [0.15, 0.2) is 47.8 Å². The Morgan fingerprint density at radius 1 is 1.17 bits per heavy atom. The predicted octanol–water partition coefficient (Wildman–Crippen LogP) is 2.29. The van der Waals surface area contributed by atoms with Crippen LogP contribution in [0.5, 0.6) is 0 Å². The lowest BCUT2D eigenvalue weighted by molar-refractivity contribution is -0.126. The number of carbonyl (C=O) groups excluding carboxylic acids is 2. The van der Waals surface area contributed by atoms with Crippen LogP contribution in [0.3, 0.4) is 0 Å². The van der Waals surface area contributed by atoms with Crippen LogP contribution in [0.4, 0.5) is 5.69 Å². The van der Waals surface area contributed by atoms with Crippen LogP contribution < -0.4 is 21.5 Å². The molecular formula is C21H23N5O2S. The van der Waals surface area contributed by atoms with Gasteiger partial charge < -0.3 is 10.6 Å². The lowest BCUT2D eigenvalue weighted by Gasteiger charge is -2.33. The summed E-state index contributed by atoms with van der Waals surface area (Å²) in [5.41, 5.74) is 14.5. The second-order valence-electron chi connectivity index (χ2n) is 7.10. The number of amides is 2. The third-order valence-electron chi connectivity index (χ3n) is 5.14. The molecule has 1 aliphatic rings. The maximum atomic E-state index is 12.3. The number of carbonyl (C=O) groups is 2. The Kier molecular flexibility index (Phi) is 5.73. The van der Waals surface area contributed by atoms with E-state index in [2.05, 4.69) is 45.4 Å². The standard InChI is InChI=1S/C21H23N5O2S/c22-19(27)13-23-25-21(28)15-6-9-26(10-7-15)18-12-17(14-4-2-1-3-5-14)24-16-8-11-29-20(16)18/h1-5,8,11-12,15,23H,6-7,9-10,13H2,(H2,22,27)(H,25,28). The highest BCUT2D eigenvalue weighted by Crippen LogP contribution is 2.36. The average molecular weight is 410 g/mol. The monoisotopic (exact) mass is 409 g/mol. The van der Waals surface area contributed by atoms with Gasteiger partial charge in [-0.2, -0.15) is 0 Å². The number of pyridine rings is 1. The molecule has 0 unspecified atom stereocenters. The van der Waals surface area contributed by atoms with E-state index in [4.69, 9.17) is 10.7 Å². The maximum absolute atomic E-state index is 12.3. The van der Waals surface area contributed by atoms with E-state index in [9.17, 15) is 9.59 Å². The van der Waals surface area contributed by atoms with Crippen molar-refractivity contribution in [3.63, 3.8) is 0 Å². The van der Waals surface area contributed by atoms with Gasteiger partial charge in [-0.25, -0.2) is 10.4 Å². The quantitative estimate of drug-likeness (QED) is 0.543. The number of thiophene rings is 1. The number of hydrogen-bond acceptors (Lipinski definition) is 6. The van der Waals surface area contributed by atoms with Gasteiger partial charge in [0.2, 0.25) is 11.8 Å². The molecule has 3 aromatic rings. The van der Waals surface area contributed by atoms with Gasteiger partial charge >= 0.3 is 0 Å². The molecule has 8 heteroatoms. The molecule has 0 bridgehead atoms. The molecule has 2 amide bonds. The molecule has 0 aliphatic carbocycles. The summed E-state index contributed by atoms with van der Waals surface area (Å²) in [5.74, 6) is -0.681. The minimum atomic E-state index is -0.507. The molecule has 0 spiro atoms. The molecule has 0 saturated carbocycles. The highest BCUT2D eigenvalue weighted by Gasteiger charge is 2.26. The van der Waals surface area contributed by atoms with Crippen LogP contribution >= 0.6 is 11.3 Å². The number of hydrogen-bond donors (Lipinski definition) is 3. The van der Waals surface area contributed by atoms with Crippen LogP contribution in [-0.4, -0.2) is 36.4 Å². The van der Waals surface area contributed by atoms with Gasteiger partial charge in [-0.05, 0) is 30.4 Å². The first-order valence-corrected chi connectivity index (χ1v) is 10.5. The molecule has 7 nitrogen and oxygen atoms in total. The lowest BCUT2D eigenvalue weighted by Crippen LogP contribution is -2.47. The van der Waals surface area contributed by atoms with E-state index in [0.29, 0.717) is 0 Å². The minimum Gasteiger partial charge on any atom is -0.370 e. The minimum absolute atomic E-state index is 0.0692. The van der Waals surface area contributed by atoms with E-state index in [0.717, 1.165) is 42.7 Å². The fraction of sp³-hybridized carbons (Fsp3) is 0.286. The van der Waals surface area contributed by atoms with Crippen molar-refractivity contribution in [2.75, 3.05) is 24.5 Å². The van der Waals surface area contributed by atoms with Crippen molar-refractivity contribution >= 4 is 39.1 Å². The van der Waals surface area contributed by atoms with Crippen LogP contribution in [0.1, 0.15) is 12.8 Å². The van der Waals surface area contributed by atoms with Crippen molar-refractivity contribution in [1.82, 2.24) is 15.8 Å². The van der Waals surface area contributed by atoms with Gasteiger partial charge in [0.15, 0.2) is 0 Å². The van der Waals surface area contributed by atoms with Gasteiger partial charge in [0.1, 0.15) is 0 Å². The van der Waals surface area contributed by atoms with Crippen LogP contribution in [0, 0.1) is 5.92 Å². The van der Waals surface area contributed by atoms with E-state index in [1.54, 1.807) is 11.3 Å². The molecule has 4 rings (SSSR count). The smallest absolute Gasteiger partial charge is 0.237 e. The molecule has 1 saturated heterocycles. The fourth-order valence-electron chi connectivity index (χ4n) is 3.63. The third-order valence-corrected chi connectivity index (χ3v) is 6.07. The number of benzene rings is 1. The predicted molar refractivity (Wildman–Crippen MR) is 115 cm³/mol. The summed E-state index contributed by atoms with van der Waals surface area (Å²) in [6.07, 6.45) is 1.50. The van der Waals surface area contributed by atoms with Gasteiger partial charge in [-0.15, -0.1) is 11.3 Å². The first-order chi connectivity index (χ1) is 14.1. The largest absolute Gasteiger partial charge is 0.370 e. The number of anilines is 1. The Hall–Kier alpha value is -2.97. The number of primary amides is 1. The molecule has 3 heterocycles. The number of fused-ring (bicyclic) bond motifs is 1. The first-order valence-electron chi connectivity index (χ1n) is 9.61. The van der Waals surface area contributed by atoms with Crippen molar-refractivity contribution in [3.8, 4) is 11.3 Å². The number of aromatic nitrogens is 1. The normalized spacial score (nSPS) is 14.8. The average Bonchev–Trinajstić information content (AvgIpc) is 3.22. The summed E-state index contributed by atoms with van der Waals surface area (Å²) in [4.78, 5) is 30.2. The van der Waals surface area contributed by atoms with Gasteiger partial charge in [-0.3, -0.25) is 15.0 Å². The van der Waals surface area contributed by atoms with Gasteiger partial charge in [-0.1, -0.05) is 30.3 Å². The van der Waals surface area contributed by atoms with Crippen LogP contribution in [0.25, 0.3) is 21.5 Å². The number of hydrazine groups is 1. The zero-order valence-electron chi connectivity index (χ0n) is 15.9. The van der Waals surface area contributed by atoms with E-state index >= 15 is 0 Å². The summed E-state index contributed by atoms with van der Waals surface area (Å²) in [6, 6.07) is 14.4. The molecule has 1 fully saturated rings. The molecule has 0 atom stereocenters. The van der Waals surface area contributed by atoms with E-state index in [1.807, 2.05) is 18.2 Å². The number of nitrogens with one attached hydrogen (secondary N) is 2. The number of nitrogens with two attached hydrogens (primary N) is 1. The maximum Gasteiger partial charge on any atom is 0.237 e. The topological polar surface area (TPSA) is 100 Å². The summed E-state index contributed by atoms with van der Waals surface area (Å²) < 4.78 is 1.18. The molecule has 29 heavy (non-hydrogen) atoms. The van der Waals surface area contributed by atoms with Crippen LogP contribution in [0.2, 0.25) is 0 Å². The summed E-state index contributed by atoms with van der Waals surface area (Å²) >= 11 is 1.70. The molecule has 2 aromatic heterocycles. The Balaban J connectivity index is 1.49. The molecule has 4 N–H and O–H groups in total. The second kappa shape index (κ2) is 8.59. The summed E-state index contributed by atoms with van der Waals surface area (Å²) in [6.45, 7) is 1.51. The lowest BCUT2D eigenvalue weighted by atomic mass is 9.95. The van der Waals surface area contributed by atoms with E-state index in [-0.39, 0.29) is 18.4 Å². The molecular weight excluding hydrogens is 386 g/mol. The zero-order chi connectivity index (χ0) is 20.2. The molecule has 0 radical (unpaired) electrons. The van der Waals surface area contributed by atoms with Gasteiger partial charge in [0.25, 0.3) is 0 Å². The first kappa shape index (κ1) is 19.4. The van der Waals surface area contributed by atoms with Gasteiger partial charge in [0.05, 0.1) is 28.1 Å². The Bertz CT molecular complexity index is 1010. The highest BCUT2D eigenvalue weighted by atomic mass is 32.1. The van der Waals surface area contributed by atoms with Crippen LogP contribution in [-0.2, 0) is 9.59 Å². The summed E-state index contributed by atoms with van der Waals surface area (Å²) in [5, 5.41) is 2.07.